The first-order chi connectivity index (χ1) is 7.29. The third-order valence-electron chi connectivity index (χ3n) is 1.63. The van der Waals surface area contributed by atoms with Crippen molar-refractivity contribution in [2.75, 3.05) is 12.3 Å². The highest BCUT2D eigenvalue weighted by Crippen LogP contribution is 2.24. The number of rotatable bonds is 3. The van der Waals surface area contributed by atoms with Crippen LogP contribution in [0.4, 0.5) is 18.9 Å². The molecule has 0 saturated carbocycles. The SMILES string of the molecule is Nc1ccc(OCC(F)(F)F)c(C(=O)O)c1. The van der Waals surface area contributed by atoms with Crippen LogP contribution in [-0.4, -0.2) is 23.9 Å². The second-order valence-electron chi connectivity index (χ2n) is 2.96. The maximum atomic E-state index is 11.9. The Balaban J connectivity index is 2.91. The van der Waals surface area contributed by atoms with Gasteiger partial charge in [-0.3, -0.25) is 0 Å². The molecule has 16 heavy (non-hydrogen) atoms. The minimum absolute atomic E-state index is 0.136. The monoisotopic (exact) mass is 235 g/mol. The van der Waals surface area contributed by atoms with E-state index in [2.05, 4.69) is 4.74 Å². The summed E-state index contributed by atoms with van der Waals surface area (Å²) in [7, 11) is 0. The number of carboxylic acid groups (broad SMARTS) is 1. The van der Waals surface area contributed by atoms with Gasteiger partial charge in [-0.15, -0.1) is 0 Å². The molecule has 4 nitrogen and oxygen atoms in total. The number of hydrogen-bond acceptors (Lipinski definition) is 3. The number of benzene rings is 1. The molecule has 0 saturated heterocycles. The highest BCUT2D eigenvalue weighted by atomic mass is 19.4. The van der Waals surface area contributed by atoms with Gasteiger partial charge in [-0.2, -0.15) is 13.2 Å². The van der Waals surface area contributed by atoms with Crippen molar-refractivity contribution in [3.05, 3.63) is 23.8 Å². The van der Waals surface area contributed by atoms with Crippen LogP contribution in [0.25, 0.3) is 0 Å². The number of alkyl halides is 3. The summed E-state index contributed by atoms with van der Waals surface area (Å²) in [5.41, 5.74) is 5.04. The predicted molar refractivity (Wildman–Crippen MR) is 49.4 cm³/mol. The summed E-state index contributed by atoms with van der Waals surface area (Å²) in [4.78, 5) is 10.7. The van der Waals surface area contributed by atoms with Gasteiger partial charge in [-0.25, -0.2) is 4.79 Å². The van der Waals surface area contributed by atoms with E-state index in [1.54, 1.807) is 0 Å². The minimum atomic E-state index is -4.52. The lowest BCUT2D eigenvalue weighted by molar-refractivity contribution is -0.153. The molecule has 0 aliphatic heterocycles. The maximum Gasteiger partial charge on any atom is 0.422 e. The molecule has 0 aliphatic rings. The van der Waals surface area contributed by atoms with E-state index in [0.29, 0.717) is 0 Å². The lowest BCUT2D eigenvalue weighted by atomic mass is 10.2. The molecule has 0 aromatic heterocycles. The summed E-state index contributed by atoms with van der Waals surface area (Å²) in [6, 6.07) is 3.39. The van der Waals surface area contributed by atoms with Crippen LogP contribution >= 0.6 is 0 Å². The standard InChI is InChI=1S/C9H8F3NO3/c10-9(11,12)4-16-7-2-1-5(13)3-6(7)8(14)15/h1-3H,4,13H2,(H,14,15). The van der Waals surface area contributed by atoms with E-state index in [4.69, 9.17) is 10.8 Å². The van der Waals surface area contributed by atoms with Gasteiger partial charge in [0, 0.05) is 5.69 Å². The summed E-state index contributed by atoms with van der Waals surface area (Å²) in [6.07, 6.45) is -4.52. The van der Waals surface area contributed by atoms with Gasteiger partial charge in [0.1, 0.15) is 11.3 Å². The molecule has 0 spiro atoms. The van der Waals surface area contributed by atoms with E-state index in [1.165, 1.54) is 6.07 Å². The molecular weight excluding hydrogens is 227 g/mol. The number of aromatic carboxylic acids is 1. The number of anilines is 1. The fourth-order valence-electron chi connectivity index (χ4n) is 1.00. The van der Waals surface area contributed by atoms with Gasteiger partial charge >= 0.3 is 12.1 Å². The molecule has 0 atom stereocenters. The smallest absolute Gasteiger partial charge is 0.422 e. The van der Waals surface area contributed by atoms with Crippen molar-refractivity contribution in [1.29, 1.82) is 0 Å². The normalized spacial score (nSPS) is 11.2. The lowest BCUT2D eigenvalue weighted by Gasteiger charge is -2.11. The Labute approximate surface area is 88.4 Å². The van der Waals surface area contributed by atoms with Crippen LogP contribution in [0.1, 0.15) is 10.4 Å². The van der Waals surface area contributed by atoms with Crippen LogP contribution in [0.3, 0.4) is 0 Å². The lowest BCUT2D eigenvalue weighted by Crippen LogP contribution is -2.20. The fraction of sp³-hybridized carbons (Fsp3) is 0.222. The van der Waals surface area contributed by atoms with Crippen LogP contribution in [0, 0.1) is 0 Å². The molecule has 0 amide bonds. The molecule has 7 heteroatoms. The molecule has 0 heterocycles. The Hall–Kier alpha value is -1.92. The molecule has 88 valence electrons. The quantitative estimate of drug-likeness (QED) is 0.785. The Bertz CT molecular complexity index is 403. The zero-order valence-corrected chi connectivity index (χ0v) is 7.91. The number of carbonyl (C=O) groups is 1. The van der Waals surface area contributed by atoms with Gasteiger partial charge in [-0.1, -0.05) is 0 Å². The van der Waals surface area contributed by atoms with Gasteiger partial charge < -0.3 is 15.6 Å². The van der Waals surface area contributed by atoms with Crippen LogP contribution < -0.4 is 10.5 Å². The highest BCUT2D eigenvalue weighted by Gasteiger charge is 2.29. The second kappa shape index (κ2) is 4.30. The highest BCUT2D eigenvalue weighted by molar-refractivity contribution is 5.92. The van der Waals surface area contributed by atoms with Crippen LogP contribution in [0.5, 0.6) is 5.75 Å². The zero-order valence-electron chi connectivity index (χ0n) is 7.91. The van der Waals surface area contributed by atoms with Crippen LogP contribution in [0.2, 0.25) is 0 Å². The largest absolute Gasteiger partial charge is 0.483 e. The molecule has 0 radical (unpaired) electrons. The summed E-state index contributed by atoms with van der Waals surface area (Å²) in [5.74, 6) is -1.76. The molecule has 1 aromatic carbocycles. The van der Waals surface area contributed by atoms with E-state index < -0.39 is 24.3 Å². The van der Waals surface area contributed by atoms with Crippen molar-refractivity contribution in [2.45, 2.75) is 6.18 Å². The van der Waals surface area contributed by atoms with Crippen molar-refractivity contribution in [1.82, 2.24) is 0 Å². The number of halogens is 3. The molecule has 1 aromatic rings. The van der Waals surface area contributed by atoms with Gasteiger partial charge in [0.2, 0.25) is 0 Å². The summed E-state index contributed by atoms with van der Waals surface area (Å²) in [6.45, 7) is -1.54. The van der Waals surface area contributed by atoms with Gasteiger partial charge in [-0.05, 0) is 18.2 Å². The van der Waals surface area contributed by atoms with E-state index >= 15 is 0 Å². The number of hydrogen-bond donors (Lipinski definition) is 2. The van der Waals surface area contributed by atoms with Gasteiger partial charge in [0.25, 0.3) is 0 Å². The van der Waals surface area contributed by atoms with E-state index in [-0.39, 0.29) is 11.4 Å². The van der Waals surface area contributed by atoms with E-state index in [9.17, 15) is 18.0 Å². The van der Waals surface area contributed by atoms with Crippen molar-refractivity contribution in [2.24, 2.45) is 0 Å². The molecule has 0 bridgehead atoms. The van der Waals surface area contributed by atoms with Gasteiger partial charge in [0.05, 0.1) is 0 Å². The zero-order chi connectivity index (χ0) is 12.3. The molecule has 3 N–H and O–H groups in total. The Morgan fingerprint density at radius 2 is 2.06 bits per heavy atom. The average Bonchev–Trinajstić information content (AvgIpc) is 2.14. The Morgan fingerprint density at radius 1 is 1.44 bits per heavy atom. The van der Waals surface area contributed by atoms with Crippen molar-refractivity contribution in [3.8, 4) is 5.75 Å². The Kier molecular flexibility index (Phi) is 3.26. The first kappa shape index (κ1) is 12.2. The Morgan fingerprint density at radius 3 is 2.56 bits per heavy atom. The molecule has 0 unspecified atom stereocenters. The third-order valence-corrected chi connectivity index (χ3v) is 1.63. The summed E-state index contributed by atoms with van der Waals surface area (Å²) >= 11 is 0. The minimum Gasteiger partial charge on any atom is -0.483 e. The fourth-order valence-corrected chi connectivity index (χ4v) is 1.00. The molecule has 0 fully saturated rings. The second-order valence-corrected chi connectivity index (χ2v) is 2.96. The van der Waals surface area contributed by atoms with Gasteiger partial charge in [0.15, 0.2) is 6.61 Å². The topological polar surface area (TPSA) is 72.5 Å². The van der Waals surface area contributed by atoms with Crippen molar-refractivity contribution in [3.63, 3.8) is 0 Å². The first-order valence-corrected chi connectivity index (χ1v) is 4.12. The summed E-state index contributed by atoms with van der Waals surface area (Å²) < 4.78 is 39.9. The average molecular weight is 235 g/mol. The first-order valence-electron chi connectivity index (χ1n) is 4.12. The maximum absolute atomic E-state index is 11.9. The van der Waals surface area contributed by atoms with Crippen molar-refractivity contribution < 1.29 is 27.8 Å². The van der Waals surface area contributed by atoms with E-state index in [1.807, 2.05) is 0 Å². The predicted octanol–water partition coefficient (Wildman–Crippen LogP) is 1.91. The van der Waals surface area contributed by atoms with Crippen LogP contribution in [0.15, 0.2) is 18.2 Å². The molecular formula is C9H8F3NO3. The molecule has 0 aliphatic carbocycles. The van der Waals surface area contributed by atoms with Crippen molar-refractivity contribution >= 4 is 11.7 Å². The van der Waals surface area contributed by atoms with Crippen LogP contribution in [-0.2, 0) is 0 Å². The number of nitrogen functional groups attached to an aromatic ring is 1. The van der Waals surface area contributed by atoms with E-state index in [0.717, 1.165) is 12.1 Å². The summed E-state index contributed by atoms with van der Waals surface area (Å²) in [5, 5.41) is 8.70. The number of nitrogens with two attached hydrogens (primary N) is 1. The number of carboxylic acids is 1. The molecule has 1 rings (SSSR count). The number of ether oxygens (including phenoxy) is 1. The third kappa shape index (κ3) is 3.34.